The molecule has 0 spiro atoms. The molecule has 3 aliphatic carbocycles. The molecule has 8 heteroatoms. The summed E-state index contributed by atoms with van der Waals surface area (Å²) in [5.41, 5.74) is 8.45. The molecule has 1 N–H and O–H groups in total. The zero-order valence-electron chi connectivity index (χ0n) is 14.3. The fourth-order valence-electron chi connectivity index (χ4n) is 4.61. The average Bonchev–Trinajstić information content (AvgIpc) is 2.65. The molecule has 3 aliphatic rings. The summed E-state index contributed by atoms with van der Waals surface area (Å²) in [6.07, 6.45) is 0.908. The first-order valence-corrected chi connectivity index (χ1v) is 9.37. The van der Waals surface area contributed by atoms with E-state index in [2.05, 4.69) is 26.0 Å². The van der Waals surface area contributed by atoms with Gasteiger partial charge in [0.25, 0.3) is 5.54 Å². The first-order chi connectivity index (χ1) is 12.9. The Morgan fingerprint density at radius 1 is 1.19 bits per heavy atom. The molecule has 136 valence electrons. The van der Waals surface area contributed by atoms with Gasteiger partial charge >= 0.3 is 5.91 Å². The number of amides is 1. The van der Waals surface area contributed by atoms with Crippen LogP contribution in [0.5, 0.6) is 0 Å². The van der Waals surface area contributed by atoms with Gasteiger partial charge in [0, 0.05) is 22.0 Å². The molecule has 0 aromatic heterocycles. The van der Waals surface area contributed by atoms with Crippen LogP contribution in [0.3, 0.4) is 0 Å². The van der Waals surface area contributed by atoms with Crippen LogP contribution in [0.25, 0.3) is 0 Å². The predicted molar refractivity (Wildman–Crippen MR) is 100 cm³/mol. The highest BCUT2D eigenvalue weighted by molar-refractivity contribution is 9.10. The van der Waals surface area contributed by atoms with Gasteiger partial charge < -0.3 is 0 Å². The van der Waals surface area contributed by atoms with Gasteiger partial charge in [-0.2, -0.15) is 0 Å². The molecular formula is C19H16BrN4O3+. The molecule has 0 saturated carbocycles. The number of carbonyl (C=O) groups is 1. The normalized spacial score (nSPS) is 28.1. The van der Waals surface area contributed by atoms with Crippen LogP contribution in [-0.4, -0.2) is 15.2 Å². The number of fused-ring (bicyclic) bond motifs is 3. The zero-order valence-corrected chi connectivity index (χ0v) is 15.8. The fourth-order valence-corrected chi connectivity index (χ4v) is 5.33. The molecule has 0 aliphatic heterocycles. The van der Waals surface area contributed by atoms with Crippen LogP contribution < -0.4 is 4.91 Å². The van der Waals surface area contributed by atoms with E-state index in [9.17, 15) is 14.9 Å². The Kier molecular flexibility index (Phi) is 4.05. The van der Waals surface area contributed by atoms with Gasteiger partial charge in [0.1, 0.15) is 9.86 Å². The van der Waals surface area contributed by atoms with Gasteiger partial charge in [-0.3, -0.25) is 14.9 Å². The number of benzene rings is 2. The lowest BCUT2D eigenvalue weighted by molar-refractivity contribution is -0.569. The van der Waals surface area contributed by atoms with Gasteiger partial charge in [-0.25, -0.2) is 0 Å². The van der Waals surface area contributed by atoms with E-state index >= 15 is 0 Å². The van der Waals surface area contributed by atoms with Gasteiger partial charge in [-0.15, -0.1) is 0 Å². The molecule has 1 amide bonds. The number of rotatable bonds is 2. The molecule has 0 heterocycles. The predicted octanol–water partition coefficient (Wildman–Crippen LogP) is 4.05. The summed E-state index contributed by atoms with van der Waals surface area (Å²) in [4.78, 5) is 27.7. The number of nitro groups is 1. The summed E-state index contributed by atoms with van der Waals surface area (Å²) in [6, 6.07) is 14.9. The van der Waals surface area contributed by atoms with E-state index in [1.165, 1.54) is 0 Å². The summed E-state index contributed by atoms with van der Waals surface area (Å²) in [7, 11) is 0. The number of hydrogen-bond acceptors (Lipinski definition) is 4. The Labute approximate surface area is 163 Å². The van der Waals surface area contributed by atoms with E-state index in [0.717, 1.165) is 11.1 Å². The van der Waals surface area contributed by atoms with Crippen molar-refractivity contribution in [2.75, 3.05) is 0 Å². The molecule has 0 fully saturated rings. The molecule has 2 aromatic carbocycles. The van der Waals surface area contributed by atoms with Gasteiger partial charge in [0.05, 0.1) is 6.42 Å². The molecule has 2 aromatic rings. The maximum Gasteiger partial charge on any atom is 0.347 e. The Hall–Kier alpha value is -2.70. The van der Waals surface area contributed by atoms with E-state index in [1.54, 1.807) is 24.3 Å². The van der Waals surface area contributed by atoms with Gasteiger partial charge in [-0.05, 0) is 24.0 Å². The summed E-state index contributed by atoms with van der Waals surface area (Å²) in [5.74, 6) is -0.690. The van der Waals surface area contributed by atoms with Crippen LogP contribution in [-0.2, 0) is 10.3 Å². The number of carbonyl (C=O) groups excluding carboxylic acids is 1. The van der Waals surface area contributed by atoms with Crippen LogP contribution >= 0.6 is 15.9 Å². The minimum atomic E-state index is -1.57. The SMILES string of the molecule is N=[N+]=NC(=O)C1(Br)CCC2c3ccccc3C([N+](=O)[O-])(C1)c1ccccc12. The van der Waals surface area contributed by atoms with Crippen molar-refractivity contribution >= 4 is 21.8 Å². The van der Waals surface area contributed by atoms with Crippen molar-refractivity contribution in [3.8, 4) is 0 Å². The Morgan fingerprint density at radius 2 is 1.74 bits per heavy atom. The highest BCUT2D eigenvalue weighted by Gasteiger charge is 2.61. The zero-order chi connectivity index (χ0) is 19.2. The van der Waals surface area contributed by atoms with Gasteiger partial charge in [0.2, 0.25) is 4.91 Å². The third-order valence-electron chi connectivity index (χ3n) is 5.76. The monoisotopic (exact) mass is 427 g/mol. The third kappa shape index (κ3) is 2.40. The summed E-state index contributed by atoms with van der Waals surface area (Å²) in [6.45, 7) is 0. The van der Waals surface area contributed by atoms with Crippen LogP contribution in [0.2, 0.25) is 0 Å². The molecule has 7 nitrogen and oxygen atoms in total. The lowest BCUT2D eigenvalue weighted by Crippen LogP contribution is -2.50. The molecule has 5 rings (SSSR count). The summed E-state index contributed by atoms with van der Waals surface area (Å²) < 4.78 is -1.25. The molecule has 2 bridgehead atoms. The van der Waals surface area contributed by atoms with Crippen molar-refractivity contribution in [2.45, 2.75) is 35.0 Å². The largest absolute Gasteiger partial charge is 0.347 e. The van der Waals surface area contributed by atoms with E-state index in [0.29, 0.717) is 24.0 Å². The van der Waals surface area contributed by atoms with Crippen molar-refractivity contribution in [1.29, 1.82) is 5.53 Å². The molecule has 0 saturated heterocycles. The highest BCUT2D eigenvalue weighted by atomic mass is 79.9. The van der Waals surface area contributed by atoms with Crippen LogP contribution in [0.15, 0.2) is 53.6 Å². The molecule has 27 heavy (non-hydrogen) atoms. The maximum absolute atomic E-state index is 12.6. The third-order valence-corrected chi connectivity index (χ3v) is 6.78. The highest BCUT2D eigenvalue weighted by Crippen LogP contribution is 2.56. The van der Waals surface area contributed by atoms with E-state index in [4.69, 9.17) is 5.53 Å². The lowest BCUT2D eigenvalue weighted by Gasteiger charge is -2.43. The number of nitrogens with zero attached hydrogens (tertiary/aromatic N) is 3. The Morgan fingerprint density at radius 3 is 2.26 bits per heavy atom. The van der Waals surface area contributed by atoms with Crippen LogP contribution in [0, 0.1) is 15.6 Å². The van der Waals surface area contributed by atoms with Crippen LogP contribution in [0.4, 0.5) is 0 Å². The van der Waals surface area contributed by atoms with Crippen molar-refractivity contribution in [2.24, 2.45) is 5.11 Å². The minimum Gasteiger partial charge on any atom is -0.263 e. The second-order valence-electron chi connectivity index (χ2n) is 7.03. The standard InChI is InChI=1S/C19H16BrN4O3/c20-18(17(25)22-23-21)10-9-12-13-5-1-3-7-15(13)19(11-18,24(26)27)16-8-4-2-6-14(12)16/h1-8,12,21H,9-11H2/q+1. The average molecular weight is 428 g/mol. The van der Waals surface area contributed by atoms with Gasteiger partial charge in [-0.1, -0.05) is 64.5 Å². The quantitative estimate of drug-likeness (QED) is 0.256. The molecular weight excluding hydrogens is 412 g/mol. The Balaban J connectivity index is 2.06. The summed E-state index contributed by atoms with van der Waals surface area (Å²) >= 11 is 3.47. The smallest absolute Gasteiger partial charge is 0.263 e. The fraction of sp³-hybridized carbons (Fsp3) is 0.316. The first-order valence-electron chi connectivity index (χ1n) is 8.58. The second kappa shape index (κ2) is 6.18. The van der Waals surface area contributed by atoms with Crippen molar-refractivity contribution in [3.63, 3.8) is 0 Å². The van der Waals surface area contributed by atoms with E-state index < -0.39 is 15.8 Å². The maximum atomic E-state index is 12.6. The van der Waals surface area contributed by atoms with Crippen molar-refractivity contribution in [1.82, 2.24) is 4.91 Å². The van der Waals surface area contributed by atoms with E-state index in [-0.39, 0.29) is 17.3 Å². The second-order valence-corrected chi connectivity index (χ2v) is 8.55. The first kappa shape index (κ1) is 17.7. The van der Waals surface area contributed by atoms with E-state index in [1.807, 2.05) is 24.3 Å². The lowest BCUT2D eigenvalue weighted by atomic mass is 9.61. The number of halogens is 1. The minimum absolute atomic E-state index is 0.0385. The number of nitrogens with one attached hydrogen (secondary N) is 1. The van der Waals surface area contributed by atoms with Crippen molar-refractivity contribution in [3.05, 3.63) is 80.9 Å². The molecule has 1 atom stereocenters. The van der Waals surface area contributed by atoms with Gasteiger partial charge in [0.15, 0.2) is 5.11 Å². The van der Waals surface area contributed by atoms with Crippen LogP contribution in [0.1, 0.15) is 47.4 Å². The number of alkyl halides is 1. The molecule has 0 radical (unpaired) electrons. The van der Waals surface area contributed by atoms with Crippen molar-refractivity contribution < 1.29 is 9.72 Å². The topological polar surface area (TPSA) is 111 Å². The molecule has 1 unspecified atom stereocenters. The summed E-state index contributed by atoms with van der Waals surface area (Å²) in [5, 5.41) is 15.9. The Bertz CT molecular complexity index is 970. The number of hydrogen-bond donors (Lipinski definition) is 1.